The second-order valence-corrected chi connectivity index (χ2v) is 4.23. The molecule has 94 valence electrons. The van der Waals surface area contributed by atoms with Crippen molar-refractivity contribution in [3.05, 3.63) is 88.2 Å². The molecule has 3 rings (SSSR count). The van der Waals surface area contributed by atoms with Crippen molar-refractivity contribution in [1.29, 1.82) is 0 Å². The van der Waals surface area contributed by atoms with Crippen LogP contribution in [-0.2, 0) is 0 Å². The van der Waals surface area contributed by atoms with Gasteiger partial charge in [0.2, 0.25) is 0 Å². The molecule has 0 aliphatic rings. The fourth-order valence-corrected chi connectivity index (χ4v) is 2.16. The summed E-state index contributed by atoms with van der Waals surface area (Å²) in [6.45, 7) is 0. The van der Waals surface area contributed by atoms with Gasteiger partial charge in [-0.05, 0) is 11.1 Å². The van der Waals surface area contributed by atoms with E-state index in [0.717, 1.165) is 11.1 Å². The largest absolute Gasteiger partial charge is 0.438 e. The number of H-pyrrole nitrogens is 1. The molecule has 1 aromatic heterocycles. The second kappa shape index (κ2) is 4.94. The van der Waals surface area contributed by atoms with Crippen molar-refractivity contribution in [2.75, 3.05) is 0 Å². The molecule has 0 amide bonds. The van der Waals surface area contributed by atoms with Crippen LogP contribution in [0.5, 0.6) is 0 Å². The summed E-state index contributed by atoms with van der Waals surface area (Å²) in [5, 5.41) is 3.83. The molecule has 2 aromatic carbocycles. The van der Waals surface area contributed by atoms with Crippen molar-refractivity contribution in [2.24, 2.45) is 0 Å². The summed E-state index contributed by atoms with van der Waals surface area (Å²) in [5.74, 6) is -0.150. The van der Waals surface area contributed by atoms with Gasteiger partial charge in [0.1, 0.15) is 0 Å². The van der Waals surface area contributed by atoms with E-state index in [4.69, 9.17) is 0 Å². The average molecular weight is 252 g/mol. The van der Waals surface area contributed by atoms with Crippen LogP contribution < -0.4 is 5.76 Å². The van der Waals surface area contributed by atoms with Crippen LogP contribution in [0.1, 0.15) is 22.9 Å². The molecule has 0 bridgehead atoms. The SMILES string of the molecule is O=c1[nH]c(C(c2ccccc2)c2ccccc2)no1. The first-order valence-electron chi connectivity index (χ1n) is 6.00. The number of nitrogens with one attached hydrogen (secondary N) is 1. The molecule has 0 aliphatic heterocycles. The molecule has 4 nitrogen and oxygen atoms in total. The number of benzene rings is 2. The first-order chi connectivity index (χ1) is 9.34. The van der Waals surface area contributed by atoms with E-state index in [2.05, 4.69) is 14.7 Å². The highest BCUT2D eigenvalue weighted by Gasteiger charge is 2.20. The van der Waals surface area contributed by atoms with E-state index < -0.39 is 5.76 Å². The van der Waals surface area contributed by atoms with E-state index in [-0.39, 0.29) is 5.92 Å². The molecule has 0 unspecified atom stereocenters. The van der Waals surface area contributed by atoms with Gasteiger partial charge in [0.25, 0.3) is 0 Å². The molecule has 0 spiro atoms. The van der Waals surface area contributed by atoms with Gasteiger partial charge in [-0.1, -0.05) is 65.8 Å². The highest BCUT2D eigenvalue weighted by molar-refractivity contribution is 5.37. The number of hydrogen-bond donors (Lipinski definition) is 1. The standard InChI is InChI=1S/C15H12N2O2/c18-15-16-14(17-19-15)13(11-7-3-1-4-8-11)12-9-5-2-6-10-12/h1-10,13H,(H,16,17,18). The van der Waals surface area contributed by atoms with Crippen molar-refractivity contribution >= 4 is 0 Å². The Morgan fingerprint density at radius 1 is 0.895 bits per heavy atom. The van der Waals surface area contributed by atoms with E-state index in [0.29, 0.717) is 5.82 Å². The monoisotopic (exact) mass is 252 g/mol. The summed E-state index contributed by atoms with van der Waals surface area (Å²) in [5.41, 5.74) is 2.11. The van der Waals surface area contributed by atoms with E-state index in [9.17, 15) is 4.79 Å². The Morgan fingerprint density at radius 3 is 1.84 bits per heavy atom. The van der Waals surface area contributed by atoms with Crippen LogP contribution in [0, 0.1) is 0 Å². The van der Waals surface area contributed by atoms with Crippen LogP contribution in [0.25, 0.3) is 0 Å². The smallest absolute Gasteiger partial charge is 0.296 e. The van der Waals surface area contributed by atoms with Crippen LogP contribution in [0.2, 0.25) is 0 Å². The lowest BCUT2D eigenvalue weighted by Crippen LogP contribution is -2.07. The lowest BCUT2D eigenvalue weighted by atomic mass is 9.91. The Kier molecular flexibility index (Phi) is 2.98. The summed E-state index contributed by atoms with van der Waals surface area (Å²) in [4.78, 5) is 13.8. The Hall–Kier alpha value is -2.62. The lowest BCUT2D eigenvalue weighted by molar-refractivity contribution is 0.380. The Bertz CT molecular complexity index is 662. The van der Waals surface area contributed by atoms with Gasteiger partial charge in [-0.25, -0.2) is 4.79 Å². The molecule has 1 heterocycles. The minimum Gasteiger partial charge on any atom is -0.296 e. The highest BCUT2D eigenvalue weighted by atomic mass is 16.5. The van der Waals surface area contributed by atoms with Gasteiger partial charge in [-0.2, -0.15) is 0 Å². The zero-order chi connectivity index (χ0) is 13.1. The quantitative estimate of drug-likeness (QED) is 0.779. The molecule has 0 atom stereocenters. The topological polar surface area (TPSA) is 58.9 Å². The lowest BCUT2D eigenvalue weighted by Gasteiger charge is -2.14. The minimum atomic E-state index is -0.535. The van der Waals surface area contributed by atoms with Crippen LogP contribution in [-0.4, -0.2) is 10.1 Å². The van der Waals surface area contributed by atoms with Gasteiger partial charge in [0, 0.05) is 0 Å². The molecule has 1 N–H and O–H groups in total. The van der Waals surface area contributed by atoms with Gasteiger partial charge < -0.3 is 0 Å². The first kappa shape index (κ1) is 11.5. The normalized spacial score (nSPS) is 10.8. The predicted octanol–water partition coefficient (Wildman–Crippen LogP) is 2.54. The molecule has 3 aromatic rings. The van der Waals surface area contributed by atoms with Gasteiger partial charge in [-0.15, -0.1) is 0 Å². The third-order valence-corrected chi connectivity index (χ3v) is 3.00. The minimum absolute atomic E-state index is 0.131. The Balaban J connectivity index is 2.14. The number of hydrogen-bond acceptors (Lipinski definition) is 3. The summed E-state index contributed by atoms with van der Waals surface area (Å²) in [6, 6.07) is 19.8. The maximum Gasteiger partial charge on any atom is 0.438 e. The molecule has 4 heteroatoms. The van der Waals surface area contributed by atoms with Gasteiger partial charge in [-0.3, -0.25) is 9.51 Å². The van der Waals surface area contributed by atoms with Crippen LogP contribution in [0.3, 0.4) is 0 Å². The molecule has 19 heavy (non-hydrogen) atoms. The van der Waals surface area contributed by atoms with E-state index in [1.807, 2.05) is 60.7 Å². The zero-order valence-electron chi connectivity index (χ0n) is 10.1. The highest BCUT2D eigenvalue weighted by Crippen LogP contribution is 2.28. The van der Waals surface area contributed by atoms with E-state index >= 15 is 0 Å². The number of aromatic nitrogens is 2. The maximum absolute atomic E-state index is 11.2. The number of nitrogens with zero attached hydrogens (tertiary/aromatic N) is 1. The third kappa shape index (κ3) is 2.33. The van der Waals surface area contributed by atoms with Crippen LogP contribution >= 0.6 is 0 Å². The van der Waals surface area contributed by atoms with Crippen molar-refractivity contribution < 1.29 is 4.52 Å². The van der Waals surface area contributed by atoms with Gasteiger partial charge >= 0.3 is 5.76 Å². The molecule has 0 fully saturated rings. The number of aromatic amines is 1. The Morgan fingerprint density at radius 2 is 1.42 bits per heavy atom. The average Bonchev–Trinajstić information content (AvgIpc) is 2.88. The fraction of sp³-hybridized carbons (Fsp3) is 0.0667. The van der Waals surface area contributed by atoms with Gasteiger partial charge in [0.15, 0.2) is 5.82 Å². The summed E-state index contributed by atoms with van der Waals surface area (Å²) in [7, 11) is 0. The molecule has 0 radical (unpaired) electrons. The van der Waals surface area contributed by atoms with Crippen molar-refractivity contribution in [2.45, 2.75) is 5.92 Å². The van der Waals surface area contributed by atoms with E-state index in [1.54, 1.807) is 0 Å². The van der Waals surface area contributed by atoms with Gasteiger partial charge in [0.05, 0.1) is 5.92 Å². The summed E-state index contributed by atoms with van der Waals surface area (Å²) >= 11 is 0. The summed E-state index contributed by atoms with van der Waals surface area (Å²) in [6.07, 6.45) is 0. The third-order valence-electron chi connectivity index (χ3n) is 3.00. The fourth-order valence-electron chi connectivity index (χ4n) is 2.16. The molecule has 0 saturated carbocycles. The molecular formula is C15H12N2O2. The molecule has 0 saturated heterocycles. The number of rotatable bonds is 3. The summed E-state index contributed by atoms with van der Waals surface area (Å²) < 4.78 is 4.63. The van der Waals surface area contributed by atoms with Crippen molar-refractivity contribution in [3.63, 3.8) is 0 Å². The maximum atomic E-state index is 11.2. The Labute approximate surface area is 109 Å². The zero-order valence-corrected chi connectivity index (χ0v) is 10.1. The first-order valence-corrected chi connectivity index (χ1v) is 6.00. The van der Waals surface area contributed by atoms with Crippen molar-refractivity contribution in [1.82, 2.24) is 10.1 Å². The predicted molar refractivity (Wildman–Crippen MR) is 71.0 cm³/mol. The molecular weight excluding hydrogens is 240 g/mol. The van der Waals surface area contributed by atoms with Crippen LogP contribution in [0.4, 0.5) is 0 Å². The molecule has 0 aliphatic carbocycles. The van der Waals surface area contributed by atoms with Crippen LogP contribution in [0.15, 0.2) is 70.0 Å². The van der Waals surface area contributed by atoms with Crippen molar-refractivity contribution in [3.8, 4) is 0 Å². The second-order valence-electron chi connectivity index (χ2n) is 4.23. The van der Waals surface area contributed by atoms with E-state index in [1.165, 1.54) is 0 Å².